The number of tetrazole rings is 1. The summed E-state index contributed by atoms with van der Waals surface area (Å²) < 4.78 is 1.79. The summed E-state index contributed by atoms with van der Waals surface area (Å²) >= 11 is 14.1. The van der Waals surface area contributed by atoms with Gasteiger partial charge in [0.05, 0.1) is 29.5 Å². The lowest BCUT2D eigenvalue weighted by molar-refractivity contribution is 0.630. The molecule has 0 unspecified atom stereocenters. The second-order valence-electron chi connectivity index (χ2n) is 5.75. The quantitative estimate of drug-likeness (QED) is 0.442. The number of hydrogen-bond acceptors (Lipinski definition) is 5. The van der Waals surface area contributed by atoms with Crippen LogP contribution in [0.3, 0.4) is 0 Å². The number of rotatable bonds is 5. The lowest BCUT2D eigenvalue weighted by Crippen LogP contribution is -2.00. The van der Waals surface area contributed by atoms with E-state index >= 15 is 0 Å². The van der Waals surface area contributed by atoms with Crippen LogP contribution in [0.4, 0.5) is 0 Å². The van der Waals surface area contributed by atoms with Crippen LogP contribution >= 0.6 is 35.0 Å². The zero-order valence-corrected chi connectivity index (χ0v) is 16.6. The van der Waals surface area contributed by atoms with Gasteiger partial charge >= 0.3 is 0 Å². The minimum absolute atomic E-state index is 0.518. The Morgan fingerprint density at radius 1 is 1.07 bits per heavy atom. The van der Waals surface area contributed by atoms with Gasteiger partial charge in [0, 0.05) is 10.8 Å². The van der Waals surface area contributed by atoms with Crippen LogP contribution in [0.15, 0.2) is 59.8 Å². The first kappa shape index (κ1) is 18.0. The topological polar surface area (TPSA) is 61.4 Å². The molecule has 9 heteroatoms. The first-order valence-electron chi connectivity index (χ1n) is 8.06. The van der Waals surface area contributed by atoms with Crippen molar-refractivity contribution in [2.75, 3.05) is 0 Å². The zero-order valence-electron chi connectivity index (χ0n) is 14.3. The van der Waals surface area contributed by atoms with E-state index in [1.807, 2.05) is 24.3 Å². The number of benzene rings is 2. The maximum Gasteiger partial charge on any atom is 0.209 e. The molecule has 4 aromatic rings. The van der Waals surface area contributed by atoms with Gasteiger partial charge in [0.15, 0.2) is 0 Å². The Labute approximate surface area is 170 Å². The second kappa shape index (κ2) is 7.72. The van der Waals surface area contributed by atoms with E-state index in [4.69, 9.17) is 23.2 Å². The van der Waals surface area contributed by atoms with E-state index in [2.05, 4.69) is 32.6 Å². The molecule has 2 heterocycles. The predicted octanol–water partition coefficient (Wildman–Crippen LogP) is 4.66. The molecule has 0 fully saturated rings. The molecule has 0 amide bonds. The van der Waals surface area contributed by atoms with Gasteiger partial charge in [-0.25, -0.2) is 4.68 Å². The van der Waals surface area contributed by atoms with Crippen LogP contribution in [0.2, 0.25) is 10.0 Å². The number of halogens is 2. The van der Waals surface area contributed by atoms with Crippen molar-refractivity contribution in [3.63, 3.8) is 0 Å². The van der Waals surface area contributed by atoms with Gasteiger partial charge in [-0.3, -0.25) is 0 Å². The molecule has 0 saturated carbocycles. The molecule has 0 aliphatic carbocycles. The van der Waals surface area contributed by atoms with Gasteiger partial charge in [0.1, 0.15) is 5.03 Å². The molecule has 0 aliphatic rings. The van der Waals surface area contributed by atoms with E-state index in [0.29, 0.717) is 15.9 Å². The van der Waals surface area contributed by atoms with Crippen molar-refractivity contribution in [2.24, 2.45) is 7.05 Å². The maximum absolute atomic E-state index is 6.41. The highest BCUT2D eigenvalue weighted by Crippen LogP contribution is 2.35. The Balaban J connectivity index is 1.77. The summed E-state index contributed by atoms with van der Waals surface area (Å²) in [5, 5.41) is 18.9. The van der Waals surface area contributed by atoms with Crippen molar-refractivity contribution < 1.29 is 0 Å². The first-order valence-corrected chi connectivity index (χ1v) is 9.80. The van der Waals surface area contributed by atoms with Gasteiger partial charge in [-0.15, -0.1) is 22.0 Å². The van der Waals surface area contributed by atoms with Crippen LogP contribution in [0.1, 0.15) is 5.56 Å². The first-order chi connectivity index (χ1) is 13.1. The van der Waals surface area contributed by atoms with Crippen LogP contribution < -0.4 is 0 Å². The average molecular weight is 417 g/mol. The Morgan fingerprint density at radius 3 is 2.59 bits per heavy atom. The molecule has 0 bridgehead atoms. The van der Waals surface area contributed by atoms with E-state index in [-0.39, 0.29) is 0 Å². The molecular weight excluding hydrogens is 403 g/mol. The van der Waals surface area contributed by atoms with Gasteiger partial charge < -0.3 is 0 Å². The fourth-order valence-electron chi connectivity index (χ4n) is 2.57. The minimum Gasteiger partial charge on any atom is -0.225 e. The van der Waals surface area contributed by atoms with Crippen molar-refractivity contribution in [2.45, 2.75) is 10.8 Å². The van der Waals surface area contributed by atoms with E-state index in [0.717, 1.165) is 22.0 Å². The van der Waals surface area contributed by atoms with Crippen LogP contribution in [-0.2, 0) is 12.8 Å². The van der Waals surface area contributed by atoms with E-state index < -0.39 is 0 Å². The van der Waals surface area contributed by atoms with Crippen molar-refractivity contribution in [1.82, 2.24) is 30.0 Å². The van der Waals surface area contributed by atoms with E-state index in [1.54, 1.807) is 41.8 Å². The summed E-state index contributed by atoms with van der Waals surface area (Å²) in [5.74, 6) is 1.29. The fraction of sp³-hybridized carbons (Fsp3) is 0.111. The SMILES string of the molecule is Cn1nnc(-c2cnn(-c3ccc(Cl)cc3Cl)c2SCc2ccccc2)n1. The van der Waals surface area contributed by atoms with Gasteiger partial charge in [0.25, 0.3) is 0 Å². The monoisotopic (exact) mass is 416 g/mol. The van der Waals surface area contributed by atoms with Crippen molar-refractivity contribution in [3.8, 4) is 17.1 Å². The molecule has 4 rings (SSSR count). The number of aryl methyl sites for hydroxylation is 1. The van der Waals surface area contributed by atoms with Crippen molar-refractivity contribution in [1.29, 1.82) is 0 Å². The van der Waals surface area contributed by atoms with Crippen LogP contribution in [0.5, 0.6) is 0 Å². The van der Waals surface area contributed by atoms with Crippen LogP contribution in [-0.4, -0.2) is 30.0 Å². The predicted molar refractivity (Wildman–Crippen MR) is 107 cm³/mol. The summed E-state index contributed by atoms with van der Waals surface area (Å²) in [5.41, 5.74) is 2.75. The number of nitrogens with zero attached hydrogens (tertiary/aromatic N) is 6. The summed E-state index contributed by atoms with van der Waals surface area (Å²) in [6.45, 7) is 0. The normalized spacial score (nSPS) is 11.1. The van der Waals surface area contributed by atoms with Crippen molar-refractivity contribution in [3.05, 3.63) is 70.3 Å². The summed E-state index contributed by atoms with van der Waals surface area (Å²) in [7, 11) is 1.73. The number of aromatic nitrogens is 6. The molecule has 136 valence electrons. The fourth-order valence-corrected chi connectivity index (χ4v) is 4.12. The lowest BCUT2D eigenvalue weighted by atomic mass is 10.2. The van der Waals surface area contributed by atoms with Gasteiger partial charge in [0.2, 0.25) is 5.82 Å². The number of hydrogen-bond donors (Lipinski definition) is 0. The smallest absolute Gasteiger partial charge is 0.209 e. The maximum atomic E-state index is 6.41. The summed E-state index contributed by atoms with van der Waals surface area (Å²) in [6, 6.07) is 15.6. The second-order valence-corrected chi connectivity index (χ2v) is 7.56. The van der Waals surface area contributed by atoms with Crippen LogP contribution in [0.25, 0.3) is 17.1 Å². The third-order valence-corrected chi connectivity index (χ3v) is 5.51. The molecule has 6 nitrogen and oxygen atoms in total. The lowest BCUT2D eigenvalue weighted by Gasteiger charge is -2.10. The molecule has 0 atom stereocenters. The Bertz CT molecular complexity index is 1080. The highest BCUT2D eigenvalue weighted by molar-refractivity contribution is 7.98. The van der Waals surface area contributed by atoms with Crippen LogP contribution in [0, 0.1) is 0 Å². The van der Waals surface area contributed by atoms with Gasteiger partial charge in [-0.1, -0.05) is 53.5 Å². The highest BCUT2D eigenvalue weighted by Gasteiger charge is 2.19. The Morgan fingerprint density at radius 2 is 1.89 bits per heavy atom. The van der Waals surface area contributed by atoms with Gasteiger partial charge in [-0.2, -0.15) is 9.90 Å². The molecule has 0 radical (unpaired) electrons. The minimum atomic E-state index is 0.518. The van der Waals surface area contributed by atoms with E-state index in [9.17, 15) is 0 Å². The molecular formula is C18H14Cl2N6S. The largest absolute Gasteiger partial charge is 0.225 e. The molecule has 27 heavy (non-hydrogen) atoms. The third-order valence-electron chi connectivity index (χ3n) is 3.83. The molecule has 0 spiro atoms. The Kier molecular flexibility index (Phi) is 5.15. The summed E-state index contributed by atoms with van der Waals surface area (Å²) in [4.78, 5) is 1.42. The third kappa shape index (κ3) is 3.85. The summed E-state index contributed by atoms with van der Waals surface area (Å²) in [6.07, 6.45) is 1.73. The average Bonchev–Trinajstić information content (AvgIpc) is 3.27. The molecule has 2 aromatic heterocycles. The molecule has 0 N–H and O–H groups in total. The Hall–Kier alpha value is -2.35. The molecule has 0 saturated heterocycles. The molecule has 0 aliphatic heterocycles. The molecule has 2 aromatic carbocycles. The number of thioether (sulfide) groups is 1. The van der Waals surface area contributed by atoms with E-state index in [1.165, 1.54) is 10.4 Å². The van der Waals surface area contributed by atoms with Crippen molar-refractivity contribution >= 4 is 35.0 Å². The standard InChI is InChI=1S/C18H14Cl2N6S/c1-25-23-17(22-24-25)14-10-21-26(16-8-7-13(19)9-15(16)20)18(14)27-11-12-5-3-2-4-6-12/h2-10H,11H2,1H3. The highest BCUT2D eigenvalue weighted by atomic mass is 35.5. The van der Waals surface area contributed by atoms with Gasteiger partial charge in [-0.05, 0) is 29.0 Å². The zero-order chi connectivity index (χ0) is 18.8.